The van der Waals surface area contributed by atoms with E-state index in [2.05, 4.69) is 10.3 Å². The van der Waals surface area contributed by atoms with Gasteiger partial charge < -0.3 is 5.32 Å². The summed E-state index contributed by atoms with van der Waals surface area (Å²) in [5.74, 6) is 0.835. The Hall–Kier alpha value is -2.24. The number of aromatic nitrogens is 2. The first-order chi connectivity index (χ1) is 12.2. The highest BCUT2D eigenvalue weighted by atomic mass is 35.5. The smallest absolute Gasteiger partial charge is 0.270 e. The standard InChI is InChI=1S/C19H16ClN3OS/c20-13-6-7-18-15(10-13)16(8-9-25-18)22-19(24)17-11-21-12-23(17)14-4-2-1-3-5-14/h1-7,10-12,16H,8-9H2,(H,22,24). The quantitative estimate of drug-likeness (QED) is 0.739. The summed E-state index contributed by atoms with van der Waals surface area (Å²) in [6.07, 6.45) is 4.13. The topological polar surface area (TPSA) is 46.9 Å². The normalized spacial score (nSPS) is 16.3. The fraction of sp³-hybridized carbons (Fsp3) is 0.158. The first kappa shape index (κ1) is 16.2. The Balaban J connectivity index is 1.61. The van der Waals surface area contributed by atoms with Crippen LogP contribution in [0.3, 0.4) is 0 Å². The fourth-order valence-electron chi connectivity index (χ4n) is 3.00. The Morgan fingerprint density at radius 3 is 2.92 bits per heavy atom. The van der Waals surface area contributed by atoms with E-state index in [1.54, 1.807) is 28.9 Å². The van der Waals surface area contributed by atoms with E-state index in [1.165, 1.54) is 4.90 Å². The number of hydrogen-bond donors (Lipinski definition) is 1. The minimum Gasteiger partial charge on any atom is -0.344 e. The summed E-state index contributed by atoms with van der Waals surface area (Å²) in [6.45, 7) is 0. The first-order valence-corrected chi connectivity index (χ1v) is 9.39. The lowest BCUT2D eigenvalue weighted by Gasteiger charge is -2.26. The largest absolute Gasteiger partial charge is 0.344 e. The number of rotatable bonds is 3. The van der Waals surface area contributed by atoms with Crippen molar-refractivity contribution in [3.05, 3.63) is 77.3 Å². The molecule has 126 valence electrons. The van der Waals surface area contributed by atoms with Crippen LogP contribution in [0.4, 0.5) is 0 Å². The average Bonchev–Trinajstić information content (AvgIpc) is 3.13. The summed E-state index contributed by atoms with van der Waals surface area (Å²) >= 11 is 7.95. The number of hydrogen-bond acceptors (Lipinski definition) is 3. The van der Waals surface area contributed by atoms with E-state index in [0.29, 0.717) is 10.7 Å². The Morgan fingerprint density at radius 1 is 1.24 bits per heavy atom. The molecule has 2 aromatic carbocycles. The van der Waals surface area contributed by atoms with Crippen molar-refractivity contribution in [2.75, 3.05) is 5.75 Å². The van der Waals surface area contributed by atoms with Crippen LogP contribution in [0.25, 0.3) is 5.69 Å². The van der Waals surface area contributed by atoms with Crippen LogP contribution in [0, 0.1) is 0 Å². The lowest BCUT2D eigenvalue weighted by atomic mass is 10.0. The third kappa shape index (κ3) is 3.30. The zero-order chi connectivity index (χ0) is 17.2. The van der Waals surface area contributed by atoms with Gasteiger partial charge in [-0.1, -0.05) is 29.8 Å². The second-order valence-corrected chi connectivity index (χ2v) is 7.40. The minimum absolute atomic E-state index is 0.0402. The molecule has 4 nitrogen and oxygen atoms in total. The van der Waals surface area contributed by atoms with Gasteiger partial charge in [-0.3, -0.25) is 9.36 Å². The first-order valence-electron chi connectivity index (χ1n) is 8.03. The Labute approximate surface area is 155 Å². The van der Waals surface area contributed by atoms with Gasteiger partial charge in [0.25, 0.3) is 5.91 Å². The molecule has 25 heavy (non-hydrogen) atoms. The zero-order valence-corrected chi connectivity index (χ0v) is 14.9. The third-order valence-corrected chi connectivity index (χ3v) is 5.58. The molecule has 0 bridgehead atoms. The van der Waals surface area contributed by atoms with Crippen LogP contribution < -0.4 is 5.32 Å². The van der Waals surface area contributed by atoms with Gasteiger partial charge in [-0.25, -0.2) is 4.98 Å². The van der Waals surface area contributed by atoms with Crippen molar-refractivity contribution in [2.24, 2.45) is 0 Å². The summed E-state index contributed by atoms with van der Waals surface area (Å²) in [6, 6.07) is 15.5. The minimum atomic E-state index is -0.135. The van der Waals surface area contributed by atoms with E-state index in [1.807, 2.05) is 48.5 Å². The monoisotopic (exact) mass is 369 g/mol. The van der Waals surface area contributed by atoms with E-state index in [4.69, 9.17) is 11.6 Å². The number of nitrogens with one attached hydrogen (secondary N) is 1. The van der Waals surface area contributed by atoms with Crippen molar-refractivity contribution in [3.63, 3.8) is 0 Å². The molecular weight excluding hydrogens is 354 g/mol. The molecule has 0 radical (unpaired) electrons. The summed E-state index contributed by atoms with van der Waals surface area (Å²) in [4.78, 5) is 18.2. The van der Waals surface area contributed by atoms with E-state index in [9.17, 15) is 4.79 Å². The molecule has 1 atom stereocenters. The molecule has 0 spiro atoms. The molecule has 1 unspecified atom stereocenters. The van der Waals surface area contributed by atoms with Crippen molar-refractivity contribution in [1.82, 2.24) is 14.9 Å². The SMILES string of the molecule is O=C(NC1CCSc2ccc(Cl)cc21)c1cncn1-c1ccccc1. The summed E-state index contributed by atoms with van der Waals surface area (Å²) in [5, 5.41) is 3.83. The molecule has 2 heterocycles. The van der Waals surface area contributed by atoms with Crippen LogP contribution in [0.15, 0.2) is 66.0 Å². The van der Waals surface area contributed by atoms with E-state index in [-0.39, 0.29) is 11.9 Å². The molecule has 0 saturated carbocycles. The second kappa shape index (κ2) is 6.94. The van der Waals surface area contributed by atoms with E-state index < -0.39 is 0 Å². The highest BCUT2D eigenvalue weighted by molar-refractivity contribution is 7.99. The molecule has 1 aliphatic heterocycles. The molecule has 0 saturated heterocycles. The van der Waals surface area contributed by atoms with Crippen LogP contribution in [-0.4, -0.2) is 21.2 Å². The van der Waals surface area contributed by atoms with Crippen LogP contribution in [0.1, 0.15) is 28.5 Å². The number of carbonyl (C=O) groups excluding carboxylic acids is 1. The fourth-order valence-corrected chi connectivity index (χ4v) is 4.29. The number of nitrogens with zero attached hydrogens (tertiary/aromatic N) is 2. The molecule has 1 N–H and O–H groups in total. The summed E-state index contributed by atoms with van der Waals surface area (Å²) in [5.41, 5.74) is 2.52. The van der Waals surface area contributed by atoms with Crippen LogP contribution in [0.2, 0.25) is 5.02 Å². The highest BCUT2D eigenvalue weighted by Crippen LogP contribution is 2.37. The molecular formula is C19H16ClN3OS. The van der Waals surface area contributed by atoms with Crippen LogP contribution in [0.5, 0.6) is 0 Å². The number of fused-ring (bicyclic) bond motifs is 1. The zero-order valence-electron chi connectivity index (χ0n) is 13.4. The molecule has 3 aromatic rings. The number of thioether (sulfide) groups is 1. The van der Waals surface area contributed by atoms with Crippen LogP contribution in [-0.2, 0) is 0 Å². The van der Waals surface area contributed by atoms with Crippen molar-refractivity contribution >= 4 is 29.3 Å². The van der Waals surface area contributed by atoms with Gasteiger partial charge in [0.05, 0.1) is 18.6 Å². The van der Waals surface area contributed by atoms with E-state index >= 15 is 0 Å². The second-order valence-electron chi connectivity index (χ2n) is 5.83. The predicted molar refractivity (Wildman–Crippen MR) is 101 cm³/mol. The molecule has 1 aliphatic rings. The number of para-hydroxylation sites is 1. The average molecular weight is 370 g/mol. The molecule has 0 fully saturated rings. The molecule has 4 rings (SSSR count). The Kier molecular flexibility index (Phi) is 4.51. The number of halogens is 1. The lowest BCUT2D eigenvalue weighted by Crippen LogP contribution is -2.31. The number of benzene rings is 2. The summed E-state index contributed by atoms with van der Waals surface area (Å²) < 4.78 is 1.80. The number of carbonyl (C=O) groups is 1. The van der Waals surface area contributed by atoms with E-state index in [0.717, 1.165) is 23.4 Å². The predicted octanol–water partition coefficient (Wildman–Crippen LogP) is 4.49. The molecule has 1 amide bonds. The summed E-state index contributed by atoms with van der Waals surface area (Å²) in [7, 11) is 0. The third-order valence-electron chi connectivity index (χ3n) is 4.22. The maximum absolute atomic E-state index is 12.9. The van der Waals surface area contributed by atoms with Gasteiger partial charge >= 0.3 is 0 Å². The van der Waals surface area contributed by atoms with Gasteiger partial charge in [-0.05, 0) is 42.3 Å². The highest BCUT2D eigenvalue weighted by Gasteiger charge is 2.24. The van der Waals surface area contributed by atoms with Gasteiger partial charge in [0.2, 0.25) is 0 Å². The van der Waals surface area contributed by atoms with Gasteiger partial charge in [0, 0.05) is 21.4 Å². The Morgan fingerprint density at radius 2 is 2.08 bits per heavy atom. The van der Waals surface area contributed by atoms with Gasteiger partial charge in [-0.2, -0.15) is 0 Å². The lowest BCUT2D eigenvalue weighted by molar-refractivity contribution is 0.0928. The van der Waals surface area contributed by atoms with Crippen molar-refractivity contribution in [1.29, 1.82) is 0 Å². The van der Waals surface area contributed by atoms with Crippen molar-refractivity contribution in [3.8, 4) is 5.69 Å². The van der Waals surface area contributed by atoms with Gasteiger partial charge in [-0.15, -0.1) is 11.8 Å². The molecule has 1 aromatic heterocycles. The Bertz CT molecular complexity index is 910. The van der Waals surface area contributed by atoms with Crippen molar-refractivity contribution < 1.29 is 4.79 Å². The van der Waals surface area contributed by atoms with Gasteiger partial charge in [0.15, 0.2) is 0 Å². The maximum Gasteiger partial charge on any atom is 0.270 e. The number of imidazole rings is 1. The van der Waals surface area contributed by atoms with Crippen molar-refractivity contribution in [2.45, 2.75) is 17.4 Å². The number of amides is 1. The molecule has 0 aliphatic carbocycles. The van der Waals surface area contributed by atoms with Crippen LogP contribution >= 0.6 is 23.4 Å². The maximum atomic E-state index is 12.9. The van der Waals surface area contributed by atoms with Gasteiger partial charge in [0.1, 0.15) is 5.69 Å². The molecule has 6 heteroatoms.